The molecular weight excluding hydrogens is 194 g/mol. The maximum Gasteiger partial charge on any atom is 0.303 e. The molecule has 86 valence electrons. The van der Waals surface area contributed by atoms with Crippen LogP contribution >= 0.6 is 0 Å². The highest BCUT2D eigenvalue weighted by Gasteiger charge is 2.27. The van der Waals surface area contributed by atoms with Crippen molar-refractivity contribution in [2.24, 2.45) is 11.8 Å². The van der Waals surface area contributed by atoms with Crippen molar-refractivity contribution >= 4 is 11.9 Å². The Balaban J connectivity index is 2.33. The summed E-state index contributed by atoms with van der Waals surface area (Å²) in [4.78, 5) is 23.7. The molecule has 0 bridgehead atoms. The molecule has 1 heterocycles. The van der Waals surface area contributed by atoms with E-state index in [0.29, 0.717) is 11.8 Å². The summed E-state index contributed by atoms with van der Waals surface area (Å²) in [5.74, 6) is 0.268. The first-order chi connectivity index (χ1) is 7.00. The smallest absolute Gasteiger partial charge is 0.303 e. The van der Waals surface area contributed by atoms with Crippen molar-refractivity contribution in [2.75, 3.05) is 13.1 Å². The highest BCUT2D eigenvalue weighted by Crippen LogP contribution is 2.24. The second-order valence-corrected chi connectivity index (χ2v) is 4.53. The van der Waals surface area contributed by atoms with E-state index in [1.807, 2.05) is 0 Å². The van der Waals surface area contributed by atoms with Gasteiger partial charge < -0.3 is 10.0 Å². The number of nitrogens with zero attached hydrogens (tertiary/aromatic N) is 1. The van der Waals surface area contributed by atoms with Crippen LogP contribution in [0, 0.1) is 11.8 Å². The summed E-state index contributed by atoms with van der Waals surface area (Å²) in [5.41, 5.74) is 0. The number of aliphatic carboxylic acids is 1. The molecule has 1 saturated heterocycles. The molecule has 0 aromatic heterocycles. The summed E-state index contributed by atoms with van der Waals surface area (Å²) in [6.07, 6.45) is 1.14. The topological polar surface area (TPSA) is 57.6 Å². The average molecular weight is 213 g/mol. The zero-order valence-corrected chi connectivity index (χ0v) is 9.40. The molecule has 0 aromatic carbocycles. The Labute approximate surface area is 90.3 Å². The van der Waals surface area contributed by atoms with Gasteiger partial charge in [-0.3, -0.25) is 9.59 Å². The lowest BCUT2D eigenvalue weighted by atomic mass is 9.95. The Bertz CT molecular complexity index is 250. The van der Waals surface area contributed by atoms with Gasteiger partial charge in [0.25, 0.3) is 0 Å². The lowest BCUT2D eigenvalue weighted by Gasteiger charge is -2.17. The Morgan fingerprint density at radius 1 is 1.40 bits per heavy atom. The zero-order chi connectivity index (χ0) is 11.4. The van der Waals surface area contributed by atoms with Gasteiger partial charge in [-0.1, -0.05) is 13.8 Å². The summed E-state index contributed by atoms with van der Waals surface area (Å²) in [6, 6.07) is 0. The molecule has 0 radical (unpaired) electrons. The number of amides is 1. The van der Waals surface area contributed by atoms with Crippen LogP contribution in [0.25, 0.3) is 0 Å². The molecule has 1 aliphatic rings. The summed E-state index contributed by atoms with van der Waals surface area (Å²) in [6.45, 7) is 5.92. The number of carboxylic acid groups (broad SMARTS) is 1. The van der Waals surface area contributed by atoms with E-state index in [0.717, 1.165) is 19.5 Å². The molecule has 1 amide bonds. The molecule has 4 nitrogen and oxygen atoms in total. The fraction of sp³-hybridized carbons (Fsp3) is 0.818. The van der Waals surface area contributed by atoms with E-state index in [2.05, 4.69) is 13.8 Å². The van der Waals surface area contributed by atoms with Crippen molar-refractivity contribution in [1.82, 2.24) is 4.90 Å². The fourth-order valence-corrected chi connectivity index (χ4v) is 1.93. The number of carbonyl (C=O) groups is 2. The van der Waals surface area contributed by atoms with Gasteiger partial charge in [0.2, 0.25) is 5.91 Å². The third-order valence-corrected chi connectivity index (χ3v) is 3.07. The maximum atomic E-state index is 11.6. The maximum absolute atomic E-state index is 11.6. The Morgan fingerprint density at radius 2 is 2.07 bits per heavy atom. The van der Waals surface area contributed by atoms with Crippen LogP contribution in [0.15, 0.2) is 0 Å². The van der Waals surface area contributed by atoms with Crippen molar-refractivity contribution in [3.05, 3.63) is 0 Å². The Hall–Kier alpha value is -1.06. The number of hydrogen-bond acceptors (Lipinski definition) is 2. The van der Waals surface area contributed by atoms with Gasteiger partial charge in [0, 0.05) is 19.5 Å². The third-order valence-electron chi connectivity index (χ3n) is 3.07. The Morgan fingerprint density at radius 3 is 2.53 bits per heavy atom. The minimum atomic E-state index is -0.900. The molecule has 0 saturated carbocycles. The van der Waals surface area contributed by atoms with Gasteiger partial charge in [-0.25, -0.2) is 0 Å². The first-order valence-electron chi connectivity index (χ1n) is 5.50. The molecule has 15 heavy (non-hydrogen) atoms. The number of carboxylic acids is 1. The van der Waals surface area contributed by atoms with Crippen LogP contribution in [0.4, 0.5) is 0 Å². The van der Waals surface area contributed by atoms with Gasteiger partial charge in [-0.05, 0) is 18.3 Å². The molecule has 1 unspecified atom stereocenters. The molecule has 0 aliphatic carbocycles. The van der Waals surface area contributed by atoms with E-state index >= 15 is 0 Å². The van der Waals surface area contributed by atoms with Crippen LogP contribution in [0.2, 0.25) is 0 Å². The summed E-state index contributed by atoms with van der Waals surface area (Å²) in [7, 11) is 0. The molecule has 1 N–H and O–H groups in total. The summed E-state index contributed by atoms with van der Waals surface area (Å²) in [5, 5.41) is 8.47. The molecule has 0 spiro atoms. The lowest BCUT2D eigenvalue weighted by Crippen LogP contribution is -2.29. The standard InChI is InChI=1S/C11H19NO3/c1-8(2)9-5-6-12(7-9)10(13)3-4-11(14)15/h8-9H,3-7H2,1-2H3,(H,14,15). The van der Waals surface area contributed by atoms with Crippen LogP contribution < -0.4 is 0 Å². The Kier molecular flexibility index (Phi) is 4.12. The second-order valence-electron chi connectivity index (χ2n) is 4.53. The van der Waals surface area contributed by atoms with Crippen LogP contribution in [0.5, 0.6) is 0 Å². The van der Waals surface area contributed by atoms with Gasteiger partial charge in [-0.2, -0.15) is 0 Å². The van der Waals surface area contributed by atoms with Crippen LogP contribution in [0.1, 0.15) is 33.1 Å². The number of rotatable bonds is 4. The minimum absolute atomic E-state index is 0.0134. The van der Waals surface area contributed by atoms with Gasteiger partial charge in [0.05, 0.1) is 6.42 Å². The first-order valence-corrected chi connectivity index (χ1v) is 5.50. The molecule has 0 aromatic rings. The van der Waals surface area contributed by atoms with Crippen LogP contribution in [-0.2, 0) is 9.59 Å². The van der Waals surface area contributed by atoms with Gasteiger partial charge in [0.15, 0.2) is 0 Å². The molecular formula is C11H19NO3. The fourth-order valence-electron chi connectivity index (χ4n) is 1.93. The van der Waals surface area contributed by atoms with E-state index in [9.17, 15) is 9.59 Å². The van der Waals surface area contributed by atoms with Crippen LogP contribution in [-0.4, -0.2) is 35.0 Å². The molecule has 1 fully saturated rings. The number of likely N-dealkylation sites (tertiary alicyclic amines) is 1. The second kappa shape index (κ2) is 5.14. The lowest BCUT2D eigenvalue weighted by molar-refractivity contribution is -0.140. The monoisotopic (exact) mass is 213 g/mol. The average Bonchev–Trinajstić information content (AvgIpc) is 2.62. The summed E-state index contributed by atoms with van der Waals surface area (Å²) >= 11 is 0. The van der Waals surface area contributed by atoms with E-state index in [1.54, 1.807) is 4.90 Å². The number of hydrogen-bond donors (Lipinski definition) is 1. The highest BCUT2D eigenvalue weighted by molar-refractivity contribution is 5.80. The van der Waals surface area contributed by atoms with E-state index in [-0.39, 0.29) is 18.7 Å². The summed E-state index contributed by atoms with van der Waals surface area (Å²) < 4.78 is 0. The van der Waals surface area contributed by atoms with Crippen molar-refractivity contribution in [1.29, 1.82) is 0 Å². The van der Waals surface area contributed by atoms with E-state index in [1.165, 1.54) is 0 Å². The van der Waals surface area contributed by atoms with E-state index < -0.39 is 5.97 Å². The van der Waals surface area contributed by atoms with Crippen molar-refractivity contribution in [3.8, 4) is 0 Å². The van der Waals surface area contributed by atoms with Gasteiger partial charge >= 0.3 is 5.97 Å². The minimum Gasteiger partial charge on any atom is -0.481 e. The van der Waals surface area contributed by atoms with Gasteiger partial charge in [-0.15, -0.1) is 0 Å². The zero-order valence-electron chi connectivity index (χ0n) is 9.40. The largest absolute Gasteiger partial charge is 0.481 e. The predicted octanol–water partition coefficient (Wildman–Crippen LogP) is 1.36. The predicted molar refractivity (Wildman–Crippen MR) is 56.4 cm³/mol. The molecule has 1 atom stereocenters. The molecule has 1 rings (SSSR count). The van der Waals surface area contributed by atoms with E-state index in [4.69, 9.17) is 5.11 Å². The van der Waals surface area contributed by atoms with Crippen molar-refractivity contribution in [3.63, 3.8) is 0 Å². The quantitative estimate of drug-likeness (QED) is 0.767. The van der Waals surface area contributed by atoms with Crippen LogP contribution in [0.3, 0.4) is 0 Å². The SMILES string of the molecule is CC(C)C1CCN(C(=O)CCC(=O)O)C1. The number of carbonyl (C=O) groups excluding carboxylic acids is 1. The van der Waals surface area contributed by atoms with Crippen molar-refractivity contribution in [2.45, 2.75) is 33.1 Å². The molecule has 4 heteroatoms. The first kappa shape index (κ1) is 12.0. The van der Waals surface area contributed by atoms with Gasteiger partial charge in [0.1, 0.15) is 0 Å². The highest BCUT2D eigenvalue weighted by atomic mass is 16.4. The van der Waals surface area contributed by atoms with Crippen molar-refractivity contribution < 1.29 is 14.7 Å². The molecule has 1 aliphatic heterocycles. The normalized spacial score (nSPS) is 21.0. The third kappa shape index (κ3) is 3.53.